The zero-order valence-electron chi connectivity index (χ0n) is 28.6. The maximum absolute atomic E-state index is 5.41. The molecule has 0 spiro atoms. The molecule has 0 aliphatic heterocycles. The predicted octanol–water partition coefficient (Wildman–Crippen LogP) is 12.6. The highest BCUT2D eigenvalue weighted by atomic mass is 15.0. The minimum atomic E-state index is 0.641. The van der Waals surface area contributed by atoms with Crippen LogP contribution in [0.25, 0.3) is 105 Å². The second-order valence-electron chi connectivity index (χ2n) is 13.5. The highest BCUT2D eigenvalue weighted by molar-refractivity contribution is 6.33. The van der Waals surface area contributed by atoms with Crippen LogP contribution < -0.4 is 0 Å². The third kappa shape index (κ3) is 4.52. The van der Waals surface area contributed by atoms with Gasteiger partial charge in [0.25, 0.3) is 0 Å². The van der Waals surface area contributed by atoms with Crippen molar-refractivity contribution in [3.8, 4) is 39.9 Å². The molecule has 4 nitrogen and oxygen atoms in total. The largest absolute Gasteiger partial charge is 0.309 e. The Morgan fingerprint density at radius 3 is 1.51 bits per heavy atom. The van der Waals surface area contributed by atoms with Crippen LogP contribution in [0.2, 0.25) is 0 Å². The lowest BCUT2D eigenvalue weighted by Gasteiger charge is -2.16. The first kappa shape index (κ1) is 29.5. The number of aromatic nitrogens is 4. The summed E-state index contributed by atoms with van der Waals surface area (Å²) in [5.74, 6) is 1.93. The Balaban J connectivity index is 1.25. The van der Waals surface area contributed by atoms with E-state index in [1.54, 1.807) is 0 Å². The van der Waals surface area contributed by atoms with Crippen LogP contribution in [-0.2, 0) is 0 Å². The molecule has 0 radical (unpaired) electrons. The first-order valence-corrected chi connectivity index (χ1v) is 18.0. The van der Waals surface area contributed by atoms with Gasteiger partial charge in [-0.05, 0) is 73.4 Å². The van der Waals surface area contributed by atoms with Crippen molar-refractivity contribution in [2.45, 2.75) is 0 Å². The van der Waals surface area contributed by atoms with E-state index in [0.717, 1.165) is 49.6 Å². The van der Waals surface area contributed by atoms with Crippen LogP contribution in [-0.4, -0.2) is 19.5 Å². The third-order valence-electron chi connectivity index (χ3n) is 10.6. The average Bonchev–Trinajstić information content (AvgIpc) is 3.58. The minimum absolute atomic E-state index is 0.641. The van der Waals surface area contributed by atoms with E-state index in [-0.39, 0.29) is 0 Å². The van der Waals surface area contributed by atoms with Gasteiger partial charge < -0.3 is 4.57 Å². The number of hydrogen-bond acceptors (Lipinski definition) is 3. The van der Waals surface area contributed by atoms with Crippen molar-refractivity contribution in [2.75, 3.05) is 0 Å². The maximum atomic E-state index is 5.41. The van der Waals surface area contributed by atoms with Gasteiger partial charge in [-0.1, -0.05) is 152 Å². The second kappa shape index (κ2) is 11.7. The molecule has 0 aliphatic rings. The Morgan fingerprint density at radius 2 is 0.792 bits per heavy atom. The second-order valence-corrected chi connectivity index (χ2v) is 13.5. The molecule has 0 atom stereocenters. The van der Waals surface area contributed by atoms with Gasteiger partial charge in [-0.25, -0.2) is 15.0 Å². The van der Waals surface area contributed by atoms with Crippen LogP contribution in [0, 0.1) is 0 Å². The van der Waals surface area contributed by atoms with Crippen molar-refractivity contribution in [3.05, 3.63) is 182 Å². The molecule has 0 saturated carbocycles. The van der Waals surface area contributed by atoms with Gasteiger partial charge in [-0.2, -0.15) is 0 Å². The summed E-state index contributed by atoms with van der Waals surface area (Å²) in [5.41, 5.74) is 6.24. The van der Waals surface area contributed by atoms with Crippen molar-refractivity contribution in [3.63, 3.8) is 0 Å². The average molecular weight is 675 g/mol. The van der Waals surface area contributed by atoms with Crippen LogP contribution >= 0.6 is 0 Å². The molecule has 0 fully saturated rings. The molecule has 246 valence electrons. The minimum Gasteiger partial charge on any atom is -0.309 e. The number of nitrogens with zero attached hydrogens (tertiary/aromatic N) is 4. The van der Waals surface area contributed by atoms with Gasteiger partial charge in [-0.3, -0.25) is 0 Å². The first-order valence-electron chi connectivity index (χ1n) is 18.0. The van der Waals surface area contributed by atoms with E-state index in [9.17, 15) is 0 Å². The number of para-hydroxylation sites is 2. The molecule has 0 amide bonds. The van der Waals surface area contributed by atoms with E-state index in [1.165, 1.54) is 37.7 Å². The van der Waals surface area contributed by atoms with E-state index < -0.39 is 0 Å². The summed E-state index contributed by atoms with van der Waals surface area (Å²) >= 11 is 0. The molecule has 9 aromatic carbocycles. The van der Waals surface area contributed by atoms with Crippen molar-refractivity contribution in [1.29, 1.82) is 0 Å². The summed E-state index contributed by atoms with van der Waals surface area (Å²) in [4.78, 5) is 15.9. The monoisotopic (exact) mass is 674 g/mol. The molecular weight excluding hydrogens is 645 g/mol. The Bertz CT molecular complexity index is 3220. The normalized spacial score (nSPS) is 11.8. The Hall–Kier alpha value is -7.17. The zero-order chi connectivity index (χ0) is 34.9. The Morgan fingerprint density at radius 1 is 0.302 bits per heavy atom. The van der Waals surface area contributed by atoms with Gasteiger partial charge in [-0.15, -0.1) is 0 Å². The predicted molar refractivity (Wildman–Crippen MR) is 220 cm³/mol. The lowest BCUT2D eigenvalue weighted by atomic mass is 9.89. The fourth-order valence-electron chi connectivity index (χ4n) is 8.35. The fraction of sp³-hybridized carbons (Fsp3) is 0. The maximum Gasteiger partial charge on any atom is 0.164 e. The summed E-state index contributed by atoms with van der Waals surface area (Å²) in [6.45, 7) is 0. The molecule has 53 heavy (non-hydrogen) atoms. The van der Waals surface area contributed by atoms with Gasteiger partial charge >= 0.3 is 0 Å². The molecule has 11 aromatic rings. The summed E-state index contributed by atoms with van der Waals surface area (Å²) in [6.07, 6.45) is 0. The molecular formula is C49H30N4. The summed E-state index contributed by atoms with van der Waals surface area (Å²) in [5, 5.41) is 11.9. The molecule has 0 aliphatic carbocycles. The van der Waals surface area contributed by atoms with Crippen LogP contribution in [0.4, 0.5) is 0 Å². The summed E-state index contributed by atoms with van der Waals surface area (Å²) in [6, 6.07) is 64.3. The van der Waals surface area contributed by atoms with Crippen LogP contribution in [0.3, 0.4) is 0 Å². The number of rotatable bonds is 4. The molecule has 2 heterocycles. The number of fused-ring (bicyclic) bond motifs is 11. The van der Waals surface area contributed by atoms with Crippen molar-refractivity contribution >= 4 is 64.9 Å². The van der Waals surface area contributed by atoms with E-state index in [4.69, 9.17) is 15.0 Å². The molecule has 4 heteroatoms. The lowest BCUT2D eigenvalue weighted by Crippen LogP contribution is -2.01. The Kier molecular flexibility index (Phi) is 6.52. The van der Waals surface area contributed by atoms with E-state index >= 15 is 0 Å². The quantitative estimate of drug-likeness (QED) is 0.175. The molecule has 2 aromatic heterocycles. The molecule has 0 N–H and O–H groups in total. The van der Waals surface area contributed by atoms with E-state index in [2.05, 4.69) is 168 Å². The number of hydrogen-bond donors (Lipinski definition) is 0. The van der Waals surface area contributed by atoms with Gasteiger partial charge in [0.05, 0.1) is 11.0 Å². The smallest absolute Gasteiger partial charge is 0.164 e. The standard InChI is InChI=1S/C49H30N4/c1-3-16-31(17-4-1)47-50-48(40-27-15-29-44-46(40)39-26-13-14-28-43(39)53(44)32-18-5-2-6-19-32)52-49(51-47)42-30-41-35-22-8-7-20-33(35)34-21-9-11-24-37(34)45(41)38-25-12-10-23-36(38)42/h1-30H. The SMILES string of the molecule is c1ccc(-c2nc(-c3cc4c5ccccc5c5ccccc5c4c4ccccc34)nc(-c3cccc4c3c3ccccc3n4-c3ccccc3)n2)cc1. The van der Waals surface area contributed by atoms with Crippen LogP contribution in [0.1, 0.15) is 0 Å². The molecule has 0 unspecified atom stereocenters. The zero-order valence-corrected chi connectivity index (χ0v) is 28.6. The van der Waals surface area contributed by atoms with Gasteiger partial charge in [0.1, 0.15) is 0 Å². The molecule has 0 saturated heterocycles. The highest BCUT2D eigenvalue weighted by Gasteiger charge is 2.21. The molecule has 0 bridgehead atoms. The van der Waals surface area contributed by atoms with Gasteiger partial charge in [0, 0.05) is 33.2 Å². The third-order valence-corrected chi connectivity index (χ3v) is 10.6. The van der Waals surface area contributed by atoms with Crippen molar-refractivity contribution < 1.29 is 0 Å². The first-order chi connectivity index (χ1) is 26.3. The topological polar surface area (TPSA) is 43.6 Å². The highest BCUT2D eigenvalue weighted by Crippen LogP contribution is 2.43. The summed E-state index contributed by atoms with van der Waals surface area (Å²) in [7, 11) is 0. The van der Waals surface area contributed by atoms with Crippen molar-refractivity contribution in [1.82, 2.24) is 19.5 Å². The van der Waals surface area contributed by atoms with Crippen LogP contribution in [0.15, 0.2) is 182 Å². The number of benzene rings is 9. The van der Waals surface area contributed by atoms with Crippen molar-refractivity contribution in [2.24, 2.45) is 0 Å². The van der Waals surface area contributed by atoms with Gasteiger partial charge in [0.15, 0.2) is 17.5 Å². The fourth-order valence-corrected chi connectivity index (χ4v) is 8.35. The Labute approximate surface area is 305 Å². The van der Waals surface area contributed by atoms with Crippen LogP contribution in [0.5, 0.6) is 0 Å². The van der Waals surface area contributed by atoms with E-state index in [0.29, 0.717) is 17.5 Å². The molecule has 11 rings (SSSR count). The van der Waals surface area contributed by atoms with Gasteiger partial charge in [0.2, 0.25) is 0 Å². The summed E-state index contributed by atoms with van der Waals surface area (Å²) < 4.78 is 2.33. The lowest BCUT2D eigenvalue weighted by molar-refractivity contribution is 1.08. The van der Waals surface area contributed by atoms with E-state index in [1.807, 2.05) is 18.2 Å².